The quantitative estimate of drug-likeness (QED) is 0.123. The number of likely N-dealkylation sites (tertiary alicyclic amines) is 4. The molecule has 12 fully saturated rings. The van der Waals surface area contributed by atoms with Crippen molar-refractivity contribution >= 4 is 6.09 Å². The van der Waals surface area contributed by atoms with Gasteiger partial charge in [0.15, 0.2) is 0 Å². The van der Waals surface area contributed by atoms with Crippen molar-refractivity contribution in [3.63, 3.8) is 0 Å². The van der Waals surface area contributed by atoms with Crippen LogP contribution in [-0.4, -0.2) is 164 Å². The molecule has 11 atom stereocenters. The number of hydrogen-bond acceptors (Lipinski definition) is 11. The molecule has 16 rings (SSSR count). The summed E-state index contributed by atoms with van der Waals surface area (Å²) in [6.45, 7) is 18.8. The molecule has 12 nitrogen and oxygen atoms in total. The second kappa shape index (κ2) is 34.6. The van der Waals surface area contributed by atoms with Gasteiger partial charge in [0.1, 0.15) is 23.0 Å². The Morgan fingerprint density at radius 2 is 0.970 bits per heavy atom. The number of amides is 1. The number of rotatable bonds is 15. The highest BCUT2D eigenvalue weighted by molar-refractivity contribution is 5.69. The minimum Gasteiger partial charge on any atom is -0.497 e. The van der Waals surface area contributed by atoms with E-state index in [1.54, 1.807) is 21.3 Å². The Balaban J connectivity index is 0.000000119. The number of carbonyl (C=O) groups excluding carboxylic acids is 1. The highest BCUT2D eigenvalue weighted by atomic mass is 16.6. The Morgan fingerprint density at radius 1 is 0.475 bits per heavy atom. The van der Waals surface area contributed by atoms with Crippen molar-refractivity contribution in [2.45, 2.75) is 280 Å². The zero-order chi connectivity index (χ0) is 68.4. The van der Waals surface area contributed by atoms with Crippen LogP contribution in [0.4, 0.5) is 4.79 Å². The number of aliphatic hydroxyl groups is 1. The van der Waals surface area contributed by atoms with Gasteiger partial charge in [-0.15, -0.1) is 0 Å². The first-order valence-corrected chi connectivity index (χ1v) is 40.7. The van der Waals surface area contributed by atoms with Crippen LogP contribution in [0.3, 0.4) is 0 Å². The Labute approximate surface area is 598 Å². The number of benzene rings is 4. The van der Waals surface area contributed by atoms with Crippen LogP contribution in [-0.2, 0) is 4.74 Å². The van der Waals surface area contributed by atoms with Gasteiger partial charge in [0.2, 0.25) is 0 Å². The maximum absolute atomic E-state index is 12.5. The monoisotopic (exact) mass is 1360 g/mol. The number of hydrogen-bond donors (Lipinski definition) is 1. The van der Waals surface area contributed by atoms with Crippen LogP contribution >= 0.6 is 0 Å². The highest BCUT2D eigenvalue weighted by Crippen LogP contribution is 2.50. The van der Waals surface area contributed by atoms with Crippen molar-refractivity contribution in [3.05, 3.63) is 119 Å². The predicted molar refractivity (Wildman–Crippen MR) is 401 cm³/mol. The van der Waals surface area contributed by atoms with Gasteiger partial charge in [-0.25, -0.2) is 4.79 Å². The molecule has 544 valence electrons. The van der Waals surface area contributed by atoms with Gasteiger partial charge >= 0.3 is 6.09 Å². The lowest BCUT2D eigenvalue weighted by atomic mass is 9.78. The average Bonchev–Trinajstić information content (AvgIpc) is 1.52. The molecule has 0 spiro atoms. The molecule has 0 radical (unpaired) electrons. The molecule has 4 aromatic carbocycles. The molecule has 99 heavy (non-hydrogen) atoms. The molecule has 1 amide bonds. The largest absolute Gasteiger partial charge is 0.497 e. The van der Waals surface area contributed by atoms with Crippen molar-refractivity contribution < 1.29 is 33.6 Å². The van der Waals surface area contributed by atoms with Crippen molar-refractivity contribution in [2.75, 3.05) is 80.3 Å². The Bertz CT molecular complexity index is 3140. The number of aliphatic hydroxyl groups excluding tert-OH is 1. The summed E-state index contributed by atoms with van der Waals surface area (Å²) in [6, 6.07) is 36.1. The minimum absolute atomic E-state index is 0.0886. The second-order valence-electron chi connectivity index (χ2n) is 33.4. The Kier molecular flexibility index (Phi) is 25.4. The number of β-amino-alcohol motifs (C(OH)–C–C–N with tert-alkyl or cyclic N) is 1. The van der Waals surface area contributed by atoms with E-state index in [4.69, 9.17) is 23.7 Å². The highest BCUT2D eigenvalue weighted by Gasteiger charge is 2.47. The Hall–Kier alpha value is -4.85. The number of nitrogens with zero attached hydrogens (tertiary/aromatic N) is 5. The molecule has 6 heterocycles. The number of para-hydroxylation sites is 3. The van der Waals surface area contributed by atoms with E-state index in [1.165, 1.54) is 207 Å². The van der Waals surface area contributed by atoms with Gasteiger partial charge in [0.25, 0.3) is 0 Å². The smallest absolute Gasteiger partial charge is 0.410 e. The first-order valence-electron chi connectivity index (χ1n) is 40.7. The van der Waals surface area contributed by atoms with Gasteiger partial charge < -0.3 is 48.4 Å². The van der Waals surface area contributed by atoms with Crippen LogP contribution in [0.5, 0.6) is 23.0 Å². The summed E-state index contributed by atoms with van der Waals surface area (Å²) >= 11 is 0. The van der Waals surface area contributed by atoms with E-state index in [9.17, 15) is 9.90 Å². The van der Waals surface area contributed by atoms with Crippen LogP contribution in [0, 0.1) is 42.4 Å². The van der Waals surface area contributed by atoms with Crippen LogP contribution < -0.4 is 18.9 Å². The van der Waals surface area contributed by atoms with Gasteiger partial charge in [-0.3, -0.25) is 4.90 Å². The number of piperidine rings is 4. The summed E-state index contributed by atoms with van der Waals surface area (Å²) in [5.41, 5.74) is 6.91. The fraction of sp³-hybridized carbons (Fsp3) is 0.713. The molecule has 4 aromatic rings. The number of methoxy groups -OCH3 is 3. The SMILES string of the molecule is CCOC(=O)N1C2CC[C@@H]1CCC(N1CCC(c3ccc(OC)cc3C)CC1)C2.COc1ccccc1C1CCN(C2CCC(C(C)C)CC2)CC1.COc1ccccc1[C@@H]1CCN([C@@H]2C[C@H]3CCC2C3)C[C@H]1O.c1ccc(C2CCN([C@H]3C[C@H]4CCC3C4)CC2)c(OC2CCCC2)c1. The van der Waals surface area contributed by atoms with Gasteiger partial charge in [-0.05, 0) is 338 Å². The van der Waals surface area contributed by atoms with Crippen LogP contribution in [0.1, 0.15) is 252 Å². The zero-order valence-electron chi connectivity index (χ0n) is 62.3. The summed E-state index contributed by atoms with van der Waals surface area (Å²) in [4.78, 5) is 25.5. The molecule has 6 bridgehead atoms. The molecule has 6 aliphatic heterocycles. The topological polar surface area (TPSA) is 99.7 Å². The van der Waals surface area contributed by atoms with E-state index in [0.29, 0.717) is 48.6 Å². The summed E-state index contributed by atoms with van der Waals surface area (Å²) in [5.74, 6) is 12.2. The predicted octanol–water partition coefficient (Wildman–Crippen LogP) is 18.2. The molecule has 1 N–H and O–H groups in total. The maximum atomic E-state index is 12.5. The standard InChI is InChI=1S/C24H36N2O3.C23H33NO.C21H33NO.C19H27NO2/c1-4-29-24(27)26-19-5-7-20(16-21(26)8-6-19)25-13-11-18(12-14-25)23-10-9-22(28-3)15-17(23)2;1-2-6-20(5-1)25-23-8-4-3-7-21(23)18-11-13-24(14-12-18)22-16-17-9-10-19(22)15-17;1-16(2)17-8-10-19(11-9-17)22-14-12-18(13-15-22)20-6-4-5-7-21(20)23-3;1-22-19-5-3-2-4-16(19)15-8-9-20(12-18(15)21)17-11-13-6-7-14(17)10-13/h9-10,15,18-21H,4-8,11-14,16H2,1-3H3;3-4,7-8,17-20,22H,1-2,5-6,9-16H2;4-7,16-19H,8-15H2,1-3H3;2-5,13-15,17-18,21H,6-12H2,1H3/t19-,20?,21?;17-,19?,22-;;13-,14?,15-,17+,18+/m00.0/s1. The van der Waals surface area contributed by atoms with Gasteiger partial charge in [0.05, 0.1) is 40.1 Å². The van der Waals surface area contributed by atoms with Crippen molar-refractivity contribution in [2.24, 2.45) is 35.5 Å². The maximum Gasteiger partial charge on any atom is 0.410 e. The van der Waals surface area contributed by atoms with Crippen LogP contribution in [0.2, 0.25) is 0 Å². The van der Waals surface area contributed by atoms with E-state index < -0.39 is 0 Å². The fourth-order valence-electron chi connectivity index (χ4n) is 22.2. The molecular formula is C87H129N5O7. The van der Waals surface area contributed by atoms with Gasteiger partial charge in [-0.1, -0.05) is 87.4 Å². The summed E-state index contributed by atoms with van der Waals surface area (Å²) in [5, 5.41) is 10.7. The van der Waals surface area contributed by atoms with Crippen molar-refractivity contribution in [3.8, 4) is 23.0 Å². The average molecular weight is 1360 g/mol. The number of ether oxygens (including phenoxy) is 5. The summed E-state index contributed by atoms with van der Waals surface area (Å²) < 4.78 is 28.2. The molecule has 0 aromatic heterocycles. The lowest BCUT2D eigenvalue weighted by molar-refractivity contribution is 0.0155. The summed E-state index contributed by atoms with van der Waals surface area (Å²) in [6.07, 6.45) is 37.1. The first-order chi connectivity index (χ1) is 48.4. The van der Waals surface area contributed by atoms with E-state index in [2.05, 4.69) is 118 Å². The third-order valence-electron chi connectivity index (χ3n) is 27.7. The Morgan fingerprint density at radius 3 is 1.51 bits per heavy atom. The third kappa shape index (κ3) is 17.5. The van der Waals surface area contributed by atoms with E-state index in [1.807, 2.05) is 25.1 Å². The fourth-order valence-corrected chi connectivity index (χ4v) is 22.2. The number of aryl methyl sites for hydroxylation is 1. The number of carbonyl (C=O) groups is 1. The third-order valence-corrected chi connectivity index (χ3v) is 27.7. The molecular weight excluding hydrogens is 1230 g/mol. The number of fused-ring (bicyclic) bond motifs is 6. The molecule has 12 aliphatic rings. The summed E-state index contributed by atoms with van der Waals surface area (Å²) in [7, 11) is 5.24. The lowest BCUT2D eigenvalue weighted by Crippen LogP contribution is -2.49. The van der Waals surface area contributed by atoms with Crippen molar-refractivity contribution in [1.29, 1.82) is 0 Å². The van der Waals surface area contributed by atoms with E-state index >= 15 is 0 Å². The van der Waals surface area contributed by atoms with Crippen molar-refractivity contribution in [1.82, 2.24) is 24.5 Å². The lowest BCUT2D eigenvalue weighted by Gasteiger charge is -2.42. The zero-order valence-corrected chi connectivity index (χ0v) is 62.3. The molecule has 6 saturated heterocycles. The normalized spacial score (nSPS) is 31.7. The molecule has 6 aliphatic carbocycles. The molecule has 4 unspecified atom stereocenters. The molecule has 12 heteroatoms. The second-order valence-corrected chi connectivity index (χ2v) is 33.4. The van der Waals surface area contributed by atoms with E-state index in [0.717, 1.165) is 129 Å². The minimum atomic E-state index is -0.274. The molecule has 6 saturated carbocycles. The van der Waals surface area contributed by atoms with E-state index in [-0.39, 0.29) is 18.1 Å². The van der Waals surface area contributed by atoms with Crippen LogP contribution in [0.15, 0.2) is 91.0 Å². The van der Waals surface area contributed by atoms with Gasteiger partial charge in [-0.2, -0.15) is 0 Å². The first kappa shape index (κ1) is 72.5. The van der Waals surface area contributed by atoms with Gasteiger partial charge in [0, 0.05) is 48.7 Å². The van der Waals surface area contributed by atoms with Crippen LogP contribution in [0.25, 0.3) is 0 Å².